The second-order valence-electron chi connectivity index (χ2n) is 4.68. The number of thioether (sulfide) groups is 1. The van der Waals surface area contributed by atoms with Crippen LogP contribution in [0.25, 0.3) is 0 Å². The smallest absolute Gasteiger partial charge is 0.293 e. The van der Waals surface area contributed by atoms with E-state index in [-0.39, 0.29) is 11.4 Å². The number of nitro benzene ring substituents is 1. The second kappa shape index (κ2) is 5.66. The van der Waals surface area contributed by atoms with E-state index in [0.29, 0.717) is 11.8 Å². The molecular formula is C11H13N7O2S. The first-order valence-corrected chi connectivity index (χ1v) is 7.32. The van der Waals surface area contributed by atoms with E-state index in [9.17, 15) is 10.1 Å². The van der Waals surface area contributed by atoms with Crippen LogP contribution in [0.5, 0.6) is 0 Å². The highest BCUT2D eigenvalue weighted by molar-refractivity contribution is 7.98. The third kappa shape index (κ3) is 2.95. The fraction of sp³-hybridized carbons (Fsp3) is 0.364. The van der Waals surface area contributed by atoms with Crippen LogP contribution in [0.3, 0.4) is 0 Å². The van der Waals surface area contributed by atoms with Gasteiger partial charge in [-0.05, 0) is 34.9 Å². The van der Waals surface area contributed by atoms with Crippen LogP contribution < -0.4 is 11.3 Å². The molecule has 21 heavy (non-hydrogen) atoms. The van der Waals surface area contributed by atoms with E-state index in [2.05, 4.69) is 21.0 Å². The van der Waals surface area contributed by atoms with Crippen LogP contribution in [0.4, 0.5) is 11.4 Å². The number of hydrogen-bond acceptors (Lipinski definition) is 8. The number of rotatable bonds is 6. The lowest BCUT2D eigenvalue weighted by molar-refractivity contribution is -0.384. The molecule has 2 aromatic rings. The number of nitrogen functional groups attached to an aromatic ring is 1. The lowest BCUT2D eigenvalue weighted by Crippen LogP contribution is -2.09. The monoisotopic (exact) mass is 307 g/mol. The summed E-state index contributed by atoms with van der Waals surface area (Å²) in [5.74, 6) is 5.81. The molecule has 0 spiro atoms. The molecule has 1 fully saturated rings. The van der Waals surface area contributed by atoms with Gasteiger partial charge in [-0.25, -0.2) is 4.68 Å². The van der Waals surface area contributed by atoms with Gasteiger partial charge < -0.3 is 5.43 Å². The topological polar surface area (TPSA) is 125 Å². The molecule has 1 saturated carbocycles. The minimum absolute atomic E-state index is 0.0441. The minimum atomic E-state index is -0.461. The van der Waals surface area contributed by atoms with Crippen LogP contribution in [-0.2, 0) is 5.75 Å². The van der Waals surface area contributed by atoms with Crippen molar-refractivity contribution in [3.05, 3.63) is 33.9 Å². The van der Waals surface area contributed by atoms with Crippen molar-refractivity contribution in [2.75, 3.05) is 5.43 Å². The van der Waals surface area contributed by atoms with Crippen molar-refractivity contribution in [3.8, 4) is 0 Å². The van der Waals surface area contributed by atoms with Crippen molar-refractivity contribution in [2.45, 2.75) is 29.8 Å². The fourth-order valence-electron chi connectivity index (χ4n) is 1.92. The number of benzene rings is 1. The van der Waals surface area contributed by atoms with E-state index in [0.717, 1.165) is 23.6 Å². The first kappa shape index (κ1) is 13.8. The highest BCUT2D eigenvalue weighted by Gasteiger charge is 2.27. The van der Waals surface area contributed by atoms with Gasteiger partial charge in [-0.3, -0.25) is 16.0 Å². The Bertz CT molecular complexity index is 670. The van der Waals surface area contributed by atoms with Gasteiger partial charge in [0.2, 0.25) is 5.16 Å². The fourth-order valence-corrected chi connectivity index (χ4v) is 2.80. The van der Waals surface area contributed by atoms with Gasteiger partial charge in [-0.2, -0.15) is 0 Å². The Morgan fingerprint density at radius 1 is 1.52 bits per heavy atom. The van der Waals surface area contributed by atoms with Gasteiger partial charge in [0, 0.05) is 11.8 Å². The normalized spacial score (nSPS) is 14.1. The highest BCUT2D eigenvalue weighted by atomic mass is 32.2. The van der Waals surface area contributed by atoms with Crippen molar-refractivity contribution in [1.29, 1.82) is 0 Å². The Morgan fingerprint density at radius 3 is 3.00 bits per heavy atom. The number of hydrazine groups is 1. The maximum absolute atomic E-state index is 11.0. The summed E-state index contributed by atoms with van der Waals surface area (Å²) in [6.07, 6.45) is 2.20. The van der Waals surface area contributed by atoms with Crippen LogP contribution in [0.15, 0.2) is 23.4 Å². The highest BCUT2D eigenvalue weighted by Crippen LogP contribution is 2.37. The van der Waals surface area contributed by atoms with Crippen molar-refractivity contribution < 1.29 is 4.92 Å². The Labute approximate surface area is 124 Å². The first-order chi connectivity index (χ1) is 10.2. The SMILES string of the molecule is NNc1ccc(CSc2nnnn2C2CC2)cc1[N+](=O)[O-]. The zero-order valence-electron chi connectivity index (χ0n) is 11.0. The molecule has 3 N–H and O–H groups in total. The Balaban J connectivity index is 1.74. The lowest BCUT2D eigenvalue weighted by Gasteiger charge is -2.05. The van der Waals surface area contributed by atoms with Gasteiger partial charge in [-0.15, -0.1) is 5.10 Å². The number of nitrogens with zero attached hydrogens (tertiary/aromatic N) is 5. The van der Waals surface area contributed by atoms with Gasteiger partial charge in [-0.1, -0.05) is 17.8 Å². The molecule has 1 aromatic carbocycles. The number of hydrogen-bond donors (Lipinski definition) is 2. The summed E-state index contributed by atoms with van der Waals surface area (Å²) in [7, 11) is 0. The van der Waals surface area contributed by atoms with E-state index in [1.807, 2.05) is 4.68 Å². The summed E-state index contributed by atoms with van der Waals surface area (Å²) in [4.78, 5) is 10.5. The van der Waals surface area contributed by atoms with Crippen LogP contribution in [-0.4, -0.2) is 25.1 Å². The van der Waals surface area contributed by atoms with Crippen molar-refractivity contribution in [2.24, 2.45) is 5.84 Å². The summed E-state index contributed by atoms with van der Waals surface area (Å²) in [6.45, 7) is 0. The van der Waals surface area contributed by atoms with Gasteiger partial charge >= 0.3 is 0 Å². The third-order valence-electron chi connectivity index (χ3n) is 3.14. The van der Waals surface area contributed by atoms with Crippen LogP contribution >= 0.6 is 11.8 Å². The van der Waals surface area contributed by atoms with Gasteiger partial charge in [0.05, 0.1) is 11.0 Å². The van der Waals surface area contributed by atoms with E-state index in [1.54, 1.807) is 12.1 Å². The molecule has 1 aromatic heterocycles. The van der Waals surface area contributed by atoms with Gasteiger partial charge in [0.15, 0.2) is 0 Å². The molecule has 0 amide bonds. The van der Waals surface area contributed by atoms with Crippen molar-refractivity contribution in [3.63, 3.8) is 0 Å². The largest absolute Gasteiger partial charge is 0.318 e. The van der Waals surface area contributed by atoms with Crippen LogP contribution in [0, 0.1) is 10.1 Å². The second-order valence-corrected chi connectivity index (χ2v) is 5.62. The van der Waals surface area contributed by atoms with E-state index >= 15 is 0 Å². The zero-order chi connectivity index (χ0) is 14.8. The van der Waals surface area contributed by atoms with E-state index in [4.69, 9.17) is 5.84 Å². The molecule has 0 atom stereocenters. The Hall–Kier alpha value is -2.20. The standard InChI is InChI=1S/C11H13N7O2S/c12-13-9-4-1-7(5-10(9)18(19)20)6-21-11-14-15-16-17(11)8-2-3-8/h1,4-5,8,13H,2-3,6,12H2. The molecule has 0 saturated heterocycles. The van der Waals surface area contributed by atoms with Crippen molar-refractivity contribution in [1.82, 2.24) is 20.2 Å². The van der Waals surface area contributed by atoms with Crippen LogP contribution in [0.2, 0.25) is 0 Å². The molecule has 1 aliphatic rings. The molecule has 0 bridgehead atoms. The number of nitro groups is 1. The molecule has 0 unspecified atom stereocenters. The number of nitrogens with two attached hydrogens (primary N) is 1. The third-order valence-corrected chi connectivity index (χ3v) is 4.14. The summed E-state index contributed by atoms with van der Waals surface area (Å²) in [5, 5.41) is 23.3. The van der Waals surface area contributed by atoms with Gasteiger partial charge in [0.25, 0.3) is 5.69 Å². The Kier molecular flexibility index (Phi) is 3.71. The summed E-state index contributed by atoms with van der Waals surface area (Å²) in [6, 6.07) is 5.30. The average molecular weight is 307 g/mol. The van der Waals surface area contributed by atoms with Gasteiger partial charge in [0.1, 0.15) is 5.69 Å². The first-order valence-electron chi connectivity index (χ1n) is 6.33. The predicted octanol–water partition coefficient (Wildman–Crippen LogP) is 1.49. The number of anilines is 1. The number of aromatic nitrogens is 4. The number of tetrazole rings is 1. The van der Waals surface area contributed by atoms with E-state index < -0.39 is 4.92 Å². The maximum atomic E-state index is 11.0. The zero-order valence-corrected chi connectivity index (χ0v) is 11.8. The van der Waals surface area contributed by atoms with Crippen molar-refractivity contribution >= 4 is 23.1 Å². The molecule has 3 rings (SSSR count). The minimum Gasteiger partial charge on any atom is -0.318 e. The molecule has 0 aliphatic heterocycles. The summed E-state index contributed by atoms with van der Waals surface area (Å²) in [5.41, 5.74) is 3.38. The summed E-state index contributed by atoms with van der Waals surface area (Å²) < 4.78 is 1.81. The quantitative estimate of drug-likeness (QED) is 0.356. The molecule has 110 valence electrons. The molecule has 9 nitrogen and oxygen atoms in total. The van der Waals surface area contributed by atoms with E-state index in [1.165, 1.54) is 17.8 Å². The number of nitrogens with one attached hydrogen (secondary N) is 1. The average Bonchev–Trinajstić information content (AvgIpc) is 3.23. The predicted molar refractivity (Wildman–Crippen MR) is 76.6 cm³/mol. The molecule has 1 heterocycles. The molecule has 1 aliphatic carbocycles. The maximum Gasteiger partial charge on any atom is 0.293 e. The summed E-state index contributed by atoms with van der Waals surface area (Å²) >= 11 is 1.46. The van der Waals surface area contributed by atoms with Crippen LogP contribution in [0.1, 0.15) is 24.4 Å². The molecule has 10 heteroatoms. The Morgan fingerprint density at radius 2 is 2.33 bits per heavy atom. The molecular weight excluding hydrogens is 294 g/mol. The lowest BCUT2D eigenvalue weighted by atomic mass is 10.2. The molecule has 0 radical (unpaired) electrons.